The molecule has 106 valence electrons. The Morgan fingerprint density at radius 3 is 2.45 bits per heavy atom. The molecule has 1 aromatic heterocycles. The average Bonchev–Trinajstić information content (AvgIpc) is 2.45. The quantitative estimate of drug-likeness (QED) is 0.905. The zero-order chi connectivity index (χ0) is 14.6. The summed E-state index contributed by atoms with van der Waals surface area (Å²) in [7, 11) is 0. The van der Waals surface area contributed by atoms with Gasteiger partial charge >= 0.3 is 6.18 Å². The summed E-state index contributed by atoms with van der Waals surface area (Å²) in [5.41, 5.74) is 6.78. The Labute approximate surface area is 114 Å². The van der Waals surface area contributed by atoms with Crippen LogP contribution in [0.2, 0.25) is 0 Å². The Balaban J connectivity index is 2.11. The lowest BCUT2D eigenvalue weighted by molar-refractivity contribution is -0.137. The van der Waals surface area contributed by atoms with Gasteiger partial charge in [-0.15, -0.1) is 0 Å². The molecule has 0 aliphatic carbocycles. The number of hydrogen-bond donors (Lipinski definition) is 2. The van der Waals surface area contributed by atoms with Crippen molar-refractivity contribution >= 4 is 5.82 Å². The van der Waals surface area contributed by atoms with E-state index in [0.29, 0.717) is 13.1 Å². The molecule has 0 atom stereocenters. The monoisotopic (exact) mass is 281 g/mol. The summed E-state index contributed by atoms with van der Waals surface area (Å²) in [6.45, 7) is 0.759. The maximum Gasteiger partial charge on any atom is 0.416 e. The predicted octanol–water partition coefficient (Wildman–Crippen LogP) is 3.17. The molecular weight excluding hydrogens is 267 g/mol. The van der Waals surface area contributed by atoms with Crippen molar-refractivity contribution in [2.75, 3.05) is 5.32 Å². The minimum absolute atomic E-state index is 0.187. The van der Waals surface area contributed by atoms with Gasteiger partial charge in [0.05, 0.1) is 5.56 Å². The van der Waals surface area contributed by atoms with Gasteiger partial charge in [-0.1, -0.05) is 24.3 Å². The smallest absolute Gasteiger partial charge is 0.366 e. The van der Waals surface area contributed by atoms with E-state index in [1.54, 1.807) is 0 Å². The second-order valence-electron chi connectivity index (χ2n) is 4.25. The molecule has 0 saturated heterocycles. The molecule has 2 aromatic rings. The first kappa shape index (κ1) is 14.3. The van der Waals surface area contributed by atoms with Crippen molar-refractivity contribution in [1.29, 1.82) is 0 Å². The molecule has 1 heterocycles. The molecule has 6 heteroatoms. The molecular formula is C14H14F3N3. The van der Waals surface area contributed by atoms with Crippen LogP contribution in [0.25, 0.3) is 0 Å². The molecule has 1 aromatic carbocycles. The van der Waals surface area contributed by atoms with Crippen LogP contribution in [0.1, 0.15) is 16.7 Å². The number of rotatable bonds is 4. The molecule has 3 N–H and O–H groups in total. The van der Waals surface area contributed by atoms with Crippen LogP contribution < -0.4 is 11.1 Å². The maximum atomic E-state index is 12.6. The zero-order valence-corrected chi connectivity index (χ0v) is 10.6. The molecule has 3 nitrogen and oxygen atoms in total. The molecule has 0 aliphatic heterocycles. The minimum Gasteiger partial charge on any atom is -0.366 e. The van der Waals surface area contributed by atoms with Gasteiger partial charge < -0.3 is 11.1 Å². The molecule has 0 amide bonds. The summed E-state index contributed by atoms with van der Waals surface area (Å²) in [6.07, 6.45) is -3.23. The van der Waals surface area contributed by atoms with Crippen LogP contribution in [-0.4, -0.2) is 4.98 Å². The Hall–Kier alpha value is -2.08. The van der Waals surface area contributed by atoms with Gasteiger partial charge in [-0.25, -0.2) is 4.98 Å². The number of nitrogens with zero attached hydrogens (tertiary/aromatic N) is 1. The largest absolute Gasteiger partial charge is 0.416 e. The van der Waals surface area contributed by atoms with E-state index in [-0.39, 0.29) is 5.82 Å². The van der Waals surface area contributed by atoms with E-state index in [1.165, 1.54) is 0 Å². The fraction of sp³-hybridized carbons (Fsp3) is 0.214. The SMILES string of the molecule is NCc1ccccc1CNc1cc(C(F)(F)F)ccn1. The van der Waals surface area contributed by atoms with Gasteiger partial charge in [-0.3, -0.25) is 0 Å². The highest BCUT2D eigenvalue weighted by atomic mass is 19.4. The van der Waals surface area contributed by atoms with Crippen molar-refractivity contribution in [1.82, 2.24) is 4.98 Å². The third-order valence-electron chi connectivity index (χ3n) is 2.89. The lowest BCUT2D eigenvalue weighted by atomic mass is 10.1. The van der Waals surface area contributed by atoms with Crippen LogP contribution in [0.3, 0.4) is 0 Å². The second-order valence-corrected chi connectivity index (χ2v) is 4.25. The first-order valence-corrected chi connectivity index (χ1v) is 6.04. The van der Waals surface area contributed by atoms with Crippen molar-refractivity contribution in [3.63, 3.8) is 0 Å². The van der Waals surface area contributed by atoms with E-state index >= 15 is 0 Å². The van der Waals surface area contributed by atoms with Gasteiger partial charge in [0.15, 0.2) is 0 Å². The van der Waals surface area contributed by atoms with Gasteiger partial charge in [0, 0.05) is 19.3 Å². The summed E-state index contributed by atoms with van der Waals surface area (Å²) < 4.78 is 37.7. The van der Waals surface area contributed by atoms with E-state index < -0.39 is 11.7 Å². The molecule has 0 radical (unpaired) electrons. The third-order valence-corrected chi connectivity index (χ3v) is 2.89. The summed E-state index contributed by atoms with van der Waals surface area (Å²) in [4.78, 5) is 3.88. The highest BCUT2D eigenvalue weighted by Gasteiger charge is 2.30. The minimum atomic E-state index is -4.37. The lowest BCUT2D eigenvalue weighted by Gasteiger charge is -2.11. The highest BCUT2D eigenvalue weighted by molar-refractivity contribution is 5.40. The van der Waals surface area contributed by atoms with Gasteiger partial charge in [0.2, 0.25) is 0 Å². The van der Waals surface area contributed by atoms with Crippen molar-refractivity contribution in [2.45, 2.75) is 19.3 Å². The molecule has 0 saturated carbocycles. The zero-order valence-electron chi connectivity index (χ0n) is 10.6. The van der Waals surface area contributed by atoms with Gasteiger partial charge in [0.1, 0.15) is 5.82 Å². The number of pyridine rings is 1. The molecule has 20 heavy (non-hydrogen) atoms. The Morgan fingerprint density at radius 1 is 1.10 bits per heavy atom. The first-order valence-electron chi connectivity index (χ1n) is 6.04. The van der Waals surface area contributed by atoms with Gasteiger partial charge in [0.25, 0.3) is 0 Å². The Morgan fingerprint density at radius 2 is 1.80 bits per heavy atom. The van der Waals surface area contributed by atoms with Crippen LogP contribution in [0.5, 0.6) is 0 Å². The van der Waals surface area contributed by atoms with Crippen molar-refractivity contribution in [3.8, 4) is 0 Å². The van der Waals surface area contributed by atoms with Gasteiger partial charge in [-0.2, -0.15) is 13.2 Å². The first-order chi connectivity index (χ1) is 9.50. The summed E-state index contributed by atoms with van der Waals surface area (Å²) >= 11 is 0. The predicted molar refractivity (Wildman–Crippen MR) is 70.9 cm³/mol. The summed E-state index contributed by atoms with van der Waals surface area (Å²) in [5, 5.41) is 2.88. The number of halogens is 3. The molecule has 2 rings (SSSR count). The van der Waals surface area contributed by atoms with Crippen LogP contribution in [0.4, 0.5) is 19.0 Å². The number of benzene rings is 1. The number of nitrogens with one attached hydrogen (secondary N) is 1. The number of aromatic nitrogens is 1. The molecule has 0 fully saturated rings. The van der Waals surface area contributed by atoms with Crippen LogP contribution in [0, 0.1) is 0 Å². The highest BCUT2D eigenvalue weighted by Crippen LogP contribution is 2.29. The standard InChI is InChI=1S/C14H14F3N3/c15-14(16,17)12-5-6-19-13(7-12)20-9-11-4-2-1-3-10(11)8-18/h1-7H,8-9,18H2,(H,19,20). The maximum absolute atomic E-state index is 12.6. The van der Waals surface area contributed by atoms with E-state index in [1.807, 2.05) is 24.3 Å². The summed E-state index contributed by atoms with van der Waals surface area (Å²) in [6, 6.07) is 9.42. The molecule has 0 aliphatic rings. The van der Waals surface area contributed by atoms with E-state index in [9.17, 15) is 13.2 Å². The Kier molecular flexibility index (Phi) is 4.24. The molecule has 0 unspecified atom stereocenters. The van der Waals surface area contributed by atoms with E-state index in [4.69, 9.17) is 5.73 Å². The van der Waals surface area contributed by atoms with Crippen LogP contribution >= 0.6 is 0 Å². The summed E-state index contributed by atoms with van der Waals surface area (Å²) in [5.74, 6) is 0.187. The van der Waals surface area contributed by atoms with Crippen molar-refractivity contribution in [2.24, 2.45) is 5.73 Å². The lowest BCUT2D eigenvalue weighted by Crippen LogP contribution is -2.09. The van der Waals surface area contributed by atoms with Crippen molar-refractivity contribution < 1.29 is 13.2 Å². The number of anilines is 1. The topological polar surface area (TPSA) is 50.9 Å². The number of alkyl halides is 3. The number of hydrogen-bond acceptors (Lipinski definition) is 3. The average molecular weight is 281 g/mol. The fourth-order valence-electron chi connectivity index (χ4n) is 1.82. The molecule has 0 spiro atoms. The molecule has 0 bridgehead atoms. The van der Waals surface area contributed by atoms with Crippen molar-refractivity contribution in [3.05, 3.63) is 59.3 Å². The number of nitrogens with two attached hydrogens (primary N) is 1. The van der Waals surface area contributed by atoms with Crippen LogP contribution in [-0.2, 0) is 19.3 Å². The fourth-order valence-corrected chi connectivity index (χ4v) is 1.82. The van der Waals surface area contributed by atoms with E-state index in [2.05, 4.69) is 10.3 Å². The second kappa shape index (κ2) is 5.92. The van der Waals surface area contributed by atoms with Crippen LogP contribution in [0.15, 0.2) is 42.6 Å². The van der Waals surface area contributed by atoms with E-state index in [0.717, 1.165) is 29.5 Å². The normalized spacial score (nSPS) is 11.4. The Bertz CT molecular complexity index is 582. The van der Waals surface area contributed by atoms with Gasteiger partial charge in [-0.05, 0) is 23.3 Å². The third kappa shape index (κ3) is 3.48.